The molecule has 1 aliphatic heterocycles. The third kappa shape index (κ3) is 3.10. The topological polar surface area (TPSA) is 70.5 Å². The van der Waals surface area contributed by atoms with Gasteiger partial charge in [0.25, 0.3) is 0 Å². The van der Waals surface area contributed by atoms with Gasteiger partial charge in [0.05, 0.1) is 5.37 Å². The summed E-state index contributed by atoms with van der Waals surface area (Å²) in [6.45, 7) is 0. The molecule has 5 nitrogen and oxygen atoms in total. The minimum atomic E-state index is -0.922. The van der Waals surface area contributed by atoms with Crippen LogP contribution >= 0.6 is 11.8 Å². The SMILES string of the molecule is O=C(O)C1CSC(C2CC2)N1C(=O)C=Cc1cccnc1. The lowest BCUT2D eigenvalue weighted by atomic mass is 10.2. The van der Waals surface area contributed by atoms with Crippen molar-refractivity contribution >= 4 is 29.7 Å². The quantitative estimate of drug-likeness (QED) is 0.860. The molecule has 1 saturated heterocycles. The van der Waals surface area contributed by atoms with Crippen molar-refractivity contribution in [3.63, 3.8) is 0 Å². The highest BCUT2D eigenvalue weighted by atomic mass is 32.2. The van der Waals surface area contributed by atoms with E-state index in [1.165, 1.54) is 11.0 Å². The molecular formula is C15H16N2O3S. The average Bonchev–Trinajstić information content (AvgIpc) is 3.24. The molecule has 0 bridgehead atoms. The van der Waals surface area contributed by atoms with Crippen LogP contribution in [-0.2, 0) is 9.59 Å². The molecule has 6 heteroatoms. The number of rotatable bonds is 4. The van der Waals surface area contributed by atoms with E-state index in [9.17, 15) is 14.7 Å². The summed E-state index contributed by atoms with van der Waals surface area (Å²) in [5.74, 6) is -0.222. The molecule has 2 atom stereocenters. The zero-order valence-corrected chi connectivity index (χ0v) is 12.2. The van der Waals surface area contributed by atoms with Gasteiger partial charge in [0.1, 0.15) is 6.04 Å². The first kappa shape index (κ1) is 14.1. The van der Waals surface area contributed by atoms with Crippen LogP contribution in [0.2, 0.25) is 0 Å². The van der Waals surface area contributed by atoms with Crippen molar-refractivity contribution in [3.05, 3.63) is 36.2 Å². The van der Waals surface area contributed by atoms with Crippen LogP contribution in [0.15, 0.2) is 30.6 Å². The summed E-state index contributed by atoms with van der Waals surface area (Å²) >= 11 is 1.59. The van der Waals surface area contributed by atoms with Crippen LogP contribution in [0.4, 0.5) is 0 Å². The lowest BCUT2D eigenvalue weighted by Gasteiger charge is -2.26. The first-order valence-electron chi connectivity index (χ1n) is 6.91. The average molecular weight is 304 g/mol. The van der Waals surface area contributed by atoms with Gasteiger partial charge >= 0.3 is 5.97 Å². The number of carboxylic acid groups (broad SMARTS) is 1. The lowest BCUT2D eigenvalue weighted by molar-refractivity contribution is -0.147. The normalized spacial score (nSPS) is 25.4. The number of amides is 1. The van der Waals surface area contributed by atoms with Crippen LogP contribution in [0.1, 0.15) is 18.4 Å². The summed E-state index contributed by atoms with van der Waals surface area (Å²) in [6.07, 6.45) is 8.63. The maximum Gasteiger partial charge on any atom is 0.327 e. The number of hydrogen-bond donors (Lipinski definition) is 1. The van der Waals surface area contributed by atoms with Crippen molar-refractivity contribution in [2.75, 3.05) is 5.75 Å². The fourth-order valence-corrected chi connectivity index (χ4v) is 4.11. The van der Waals surface area contributed by atoms with Gasteiger partial charge in [-0.2, -0.15) is 0 Å². The molecule has 1 aromatic heterocycles. The van der Waals surface area contributed by atoms with E-state index in [0.717, 1.165) is 18.4 Å². The fourth-order valence-electron chi connectivity index (χ4n) is 2.47. The standard InChI is InChI=1S/C15H16N2O3S/c18-13(6-3-10-2-1-7-16-8-10)17-12(15(19)20)9-21-14(17)11-4-5-11/h1-3,6-8,11-12,14H,4-5,9H2,(H,19,20). The van der Waals surface area contributed by atoms with Crippen LogP contribution in [0.3, 0.4) is 0 Å². The number of carbonyl (C=O) groups is 2. The Morgan fingerprint density at radius 1 is 1.43 bits per heavy atom. The highest BCUT2D eigenvalue weighted by molar-refractivity contribution is 8.00. The molecule has 2 aliphatic rings. The van der Waals surface area contributed by atoms with Crippen molar-refractivity contribution in [1.29, 1.82) is 0 Å². The Kier molecular flexibility index (Phi) is 3.96. The smallest absolute Gasteiger partial charge is 0.327 e. The fraction of sp³-hybridized carbons (Fsp3) is 0.400. The number of carbonyl (C=O) groups excluding carboxylic acids is 1. The summed E-state index contributed by atoms with van der Waals surface area (Å²) in [5, 5.41) is 9.31. The minimum absolute atomic E-state index is 0.0112. The van der Waals surface area contributed by atoms with Gasteiger partial charge in [-0.1, -0.05) is 6.07 Å². The zero-order valence-electron chi connectivity index (χ0n) is 11.4. The summed E-state index contributed by atoms with van der Waals surface area (Å²) < 4.78 is 0. The van der Waals surface area contributed by atoms with Gasteiger partial charge in [-0.3, -0.25) is 9.78 Å². The second kappa shape index (κ2) is 5.89. The number of thioether (sulfide) groups is 1. The third-order valence-corrected chi connectivity index (χ3v) is 5.16. The van der Waals surface area contributed by atoms with Crippen LogP contribution in [-0.4, -0.2) is 44.0 Å². The minimum Gasteiger partial charge on any atom is -0.480 e. The highest BCUT2D eigenvalue weighted by Crippen LogP contribution is 2.45. The van der Waals surface area contributed by atoms with Crippen LogP contribution < -0.4 is 0 Å². The van der Waals surface area contributed by atoms with E-state index in [1.807, 2.05) is 6.07 Å². The van der Waals surface area contributed by atoms with Gasteiger partial charge in [-0.15, -0.1) is 11.8 Å². The monoisotopic (exact) mass is 304 g/mol. The number of pyridine rings is 1. The number of aromatic nitrogens is 1. The summed E-state index contributed by atoms with van der Waals surface area (Å²) in [7, 11) is 0. The molecule has 21 heavy (non-hydrogen) atoms. The van der Waals surface area contributed by atoms with Crippen molar-refractivity contribution in [3.8, 4) is 0 Å². The van der Waals surface area contributed by atoms with Gasteiger partial charge in [0.2, 0.25) is 5.91 Å². The van der Waals surface area contributed by atoms with E-state index >= 15 is 0 Å². The molecule has 3 rings (SSSR count). The molecule has 1 amide bonds. The number of nitrogens with zero attached hydrogens (tertiary/aromatic N) is 2. The summed E-state index contributed by atoms with van der Waals surface area (Å²) in [6, 6.07) is 2.93. The van der Waals surface area contributed by atoms with E-state index in [2.05, 4.69) is 4.98 Å². The molecule has 1 aromatic rings. The van der Waals surface area contributed by atoms with Crippen molar-refractivity contribution in [2.24, 2.45) is 5.92 Å². The van der Waals surface area contributed by atoms with E-state index in [0.29, 0.717) is 11.7 Å². The highest BCUT2D eigenvalue weighted by Gasteiger charge is 2.47. The Morgan fingerprint density at radius 2 is 2.24 bits per heavy atom. The Bertz CT molecular complexity index is 572. The molecular weight excluding hydrogens is 288 g/mol. The molecule has 0 radical (unpaired) electrons. The Morgan fingerprint density at radius 3 is 2.86 bits per heavy atom. The molecule has 0 aromatic carbocycles. The number of hydrogen-bond acceptors (Lipinski definition) is 4. The Hall–Kier alpha value is -1.82. The van der Waals surface area contributed by atoms with Crippen molar-refractivity contribution in [1.82, 2.24) is 9.88 Å². The second-order valence-corrected chi connectivity index (χ2v) is 6.43. The van der Waals surface area contributed by atoms with Crippen LogP contribution in [0.25, 0.3) is 6.08 Å². The van der Waals surface area contributed by atoms with Gasteiger partial charge in [0.15, 0.2) is 0 Å². The molecule has 1 aliphatic carbocycles. The maximum absolute atomic E-state index is 12.4. The predicted molar refractivity (Wildman–Crippen MR) is 80.5 cm³/mol. The van der Waals surface area contributed by atoms with E-state index in [-0.39, 0.29) is 11.3 Å². The molecule has 110 valence electrons. The van der Waals surface area contributed by atoms with Gasteiger partial charge < -0.3 is 10.0 Å². The van der Waals surface area contributed by atoms with E-state index < -0.39 is 12.0 Å². The zero-order chi connectivity index (χ0) is 14.8. The first-order valence-corrected chi connectivity index (χ1v) is 7.96. The summed E-state index contributed by atoms with van der Waals surface area (Å²) in [4.78, 5) is 29.3. The molecule has 2 fully saturated rings. The van der Waals surface area contributed by atoms with Crippen LogP contribution in [0.5, 0.6) is 0 Å². The Labute approximate surface area is 127 Å². The molecule has 2 heterocycles. The maximum atomic E-state index is 12.4. The number of aliphatic carboxylic acids is 1. The largest absolute Gasteiger partial charge is 0.480 e. The first-order chi connectivity index (χ1) is 10.2. The van der Waals surface area contributed by atoms with E-state index in [1.54, 1.807) is 36.3 Å². The van der Waals surface area contributed by atoms with Gasteiger partial charge in [-0.05, 0) is 36.5 Å². The third-order valence-electron chi connectivity index (χ3n) is 3.70. The number of carboxylic acids is 1. The summed E-state index contributed by atoms with van der Waals surface area (Å²) in [5.41, 5.74) is 0.826. The predicted octanol–water partition coefficient (Wildman–Crippen LogP) is 1.86. The van der Waals surface area contributed by atoms with Gasteiger partial charge in [0, 0.05) is 24.2 Å². The van der Waals surface area contributed by atoms with E-state index in [4.69, 9.17) is 0 Å². The second-order valence-electron chi connectivity index (χ2n) is 5.28. The van der Waals surface area contributed by atoms with Crippen LogP contribution in [0, 0.1) is 5.92 Å². The molecule has 2 unspecified atom stereocenters. The molecule has 0 spiro atoms. The lowest BCUT2D eigenvalue weighted by Crippen LogP contribution is -2.45. The Balaban J connectivity index is 1.76. The van der Waals surface area contributed by atoms with Crippen molar-refractivity contribution in [2.45, 2.75) is 24.3 Å². The molecule has 1 N–H and O–H groups in total. The van der Waals surface area contributed by atoms with Gasteiger partial charge in [-0.25, -0.2) is 4.79 Å². The van der Waals surface area contributed by atoms with Crippen molar-refractivity contribution < 1.29 is 14.7 Å². The molecule has 1 saturated carbocycles.